The van der Waals surface area contributed by atoms with Crippen LogP contribution in [0.5, 0.6) is 0 Å². The standard InChI is InChI=1S/C13H12Cl2N2O/c1-8(7-14)13(18)17-11-6-10(15)5-9-3-2-4-16-12(9)11/h2-6,8H,7H2,1H3,(H,17,18). The summed E-state index contributed by atoms with van der Waals surface area (Å²) >= 11 is 11.7. The van der Waals surface area contributed by atoms with Crippen LogP contribution in [0.1, 0.15) is 6.92 Å². The number of anilines is 1. The molecule has 3 nitrogen and oxygen atoms in total. The summed E-state index contributed by atoms with van der Waals surface area (Å²) in [6, 6.07) is 7.22. The minimum absolute atomic E-state index is 0.140. The maximum Gasteiger partial charge on any atom is 0.228 e. The molecule has 1 aromatic heterocycles. The molecule has 1 N–H and O–H groups in total. The van der Waals surface area contributed by atoms with E-state index in [1.165, 1.54) is 0 Å². The van der Waals surface area contributed by atoms with Crippen LogP contribution in [0, 0.1) is 5.92 Å². The number of benzene rings is 1. The highest BCUT2D eigenvalue weighted by Gasteiger charge is 2.13. The Bertz CT molecular complexity index is 586. The van der Waals surface area contributed by atoms with Crippen molar-refractivity contribution < 1.29 is 4.79 Å². The Kier molecular flexibility index (Phi) is 4.04. The van der Waals surface area contributed by atoms with Crippen LogP contribution < -0.4 is 5.32 Å². The minimum atomic E-state index is -0.260. The molecular weight excluding hydrogens is 271 g/mol. The van der Waals surface area contributed by atoms with Crippen LogP contribution in [0.3, 0.4) is 0 Å². The van der Waals surface area contributed by atoms with Crippen LogP contribution in [-0.2, 0) is 4.79 Å². The molecule has 1 amide bonds. The van der Waals surface area contributed by atoms with Crippen LogP contribution in [0.15, 0.2) is 30.5 Å². The van der Waals surface area contributed by atoms with Gasteiger partial charge < -0.3 is 5.32 Å². The molecule has 1 heterocycles. The predicted molar refractivity (Wildman–Crippen MR) is 75.3 cm³/mol. The van der Waals surface area contributed by atoms with E-state index in [0.29, 0.717) is 10.7 Å². The van der Waals surface area contributed by atoms with Gasteiger partial charge in [0.2, 0.25) is 5.91 Å². The molecule has 0 aliphatic heterocycles. The fourth-order valence-corrected chi connectivity index (χ4v) is 1.94. The van der Waals surface area contributed by atoms with Gasteiger partial charge in [0, 0.05) is 28.4 Å². The van der Waals surface area contributed by atoms with Crippen molar-refractivity contribution in [3.8, 4) is 0 Å². The van der Waals surface area contributed by atoms with Crippen LogP contribution in [-0.4, -0.2) is 16.8 Å². The van der Waals surface area contributed by atoms with Gasteiger partial charge in [-0.3, -0.25) is 9.78 Å². The second-order valence-electron chi connectivity index (χ2n) is 4.07. The number of nitrogens with zero attached hydrogens (tertiary/aromatic N) is 1. The Hall–Kier alpha value is -1.32. The number of halogens is 2. The summed E-state index contributed by atoms with van der Waals surface area (Å²) in [5, 5.41) is 4.25. The van der Waals surface area contributed by atoms with Crippen molar-refractivity contribution in [1.82, 2.24) is 4.98 Å². The molecule has 0 fully saturated rings. The van der Waals surface area contributed by atoms with E-state index in [9.17, 15) is 4.79 Å². The second kappa shape index (κ2) is 5.55. The molecule has 2 aromatic rings. The first kappa shape index (κ1) is 13.1. The van der Waals surface area contributed by atoms with E-state index in [-0.39, 0.29) is 17.7 Å². The quantitative estimate of drug-likeness (QED) is 0.873. The van der Waals surface area contributed by atoms with E-state index in [1.54, 1.807) is 19.2 Å². The maximum absolute atomic E-state index is 11.8. The molecule has 2 rings (SSSR count). The number of fused-ring (bicyclic) bond motifs is 1. The molecule has 1 unspecified atom stereocenters. The summed E-state index contributed by atoms with van der Waals surface area (Å²) < 4.78 is 0. The van der Waals surface area contributed by atoms with E-state index in [4.69, 9.17) is 23.2 Å². The fourth-order valence-electron chi connectivity index (χ4n) is 1.58. The highest BCUT2D eigenvalue weighted by molar-refractivity contribution is 6.32. The number of alkyl halides is 1. The van der Waals surface area contributed by atoms with E-state index >= 15 is 0 Å². The molecule has 0 radical (unpaired) electrons. The van der Waals surface area contributed by atoms with Crippen molar-refractivity contribution in [2.24, 2.45) is 5.92 Å². The normalized spacial score (nSPS) is 12.4. The number of aromatic nitrogens is 1. The average Bonchev–Trinajstić information content (AvgIpc) is 2.37. The number of carbonyl (C=O) groups excluding carboxylic acids is 1. The minimum Gasteiger partial charge on any atom is -0.324 e. The fraction of sp³-hybridized carbons (Fsp3) is 0.231. The third-order valence-electron chi connectivity index (χ3n) is 2.61. The lowest BCUT2D eigenvalue weighted by Gasteiger charge is -2.11. The molecule has 5 heteroatoms. The summed E-state index contributed by atoms with van der Waals surface area (Å²) in [7, 11) is 0. The Morgan fingerprint density at radius 3 is 3.00 bits per heavy atom. The molecule has 0 saturated heterocycles. The summed E-state index contributed by atoms with van der Waals surface area (Å²) in [5.41, 5.74) is 1.33. The Labute approximate surface area is 115 Å². The van der Waals surface area contributed by atoms with Crippen molar-refractivity contribution >= 4 is 45.7 Å². The highest BCUT2D eigenvalue weighted by Crippen LogP contribution is 2.26. The van der Waals surface area contributed by atoms with Crippen LogP contribution in [0.25, 0.3) is 10.9 Å². The van der Waals surface area contributed by atoms with Crippen LogP contribution in [0.4, 0.5) is 5.69 Å². The third kappa shape index (κ3) is 2.74. The van der Waals surface area contributed by atoms with Gasteiger partial charge in [-0.05, 0) is 18.2 Å². The van der Waals surface area contributed by atoms with Gasteiger partial charge in [0.25, 0.3) is 0 Å². The largest absolute Gasteiger partial charge is 0.324 e. The Balaban J connectivity index is 2.41. The summed E-state index contributed by atoms with van der Waals surface area (Å²) in [6.07, 6.45) is 1.68. The molecule has 18 heavy (non-hydrogen) atoms. The van der Waals surface area contributed by atoms with Gasteiger partial charge in [-0.2, -0.15) is 0 Å². The van der Waals surface area contributed by atoms with Crippen LogP contribution >= 0.6 is 23.2 Å². The molecule has 0 aliphatic carbocycles. The average molecular weight is 283 g/mol. The van der Waals surface area contributed by atoms with Crippen LogP contribution in [0.2, 0.25) is 5.02 Å². The first-order valence-electron chi connectivity index (χ1n) is 5.53. The molecule has 0 saturated carbocycles. The zero-order chi connectivity index (χ0) is 13.1. The van der Waals surface area contributed by atoms with Crippen molar-refractivity contribution in [3.63, 3.8) is 0 Å². The Morgan fingerprint density at radius 2 is 2.28 bits per heavy atom. The lowest BCUT2D eigenvalue weighted by atomic mass is 10.1. The van der Waals surface area contributed by atoms with Gasteiger partial charge in [0.1, 0.15) is 0 Å². The molecule has 0 bridgehead atoms. The first-order chi connectivity index (χ1) is 8.61. The Morgan fingerprint density at radius 1 is 1.50 bits per heavy atom. The van der Waals surface area contributed by atoms with E-state index in [1.807, 2.05) is 18.2 Å². The van der Waals surface area contributed by atoms with Gasteiger partial charge in [-0.25, -0.2) is 0 Å². The van der Waals surface area contributed by atoms with Gasteiger partial charge in [-0.15, -0.1) is 11.6 Å². The summed E-state index contributed by atoms with van der Waals surface area (Å²) in [6.45, 7) is 1.77. The molecule has 1 atom stereocenters. The van der Waals surface area contributed by atoms with Crippen molar-refractivity contribution in [2.45, 2.75) is 6.92 Å². The van der Waals surface area contributed by atoms with Gasteiger partial charge in [-0.1, -0.05) is 24.6 Å². The number of carbonyl (C=O) groups is 1. The van der Waals surface area contributed by atoms with Gasteiger partial charge in [0.15, 0.2) is 0 Å². The number of hydrogen-bond acceptors (Lipinski definition) is 2. The molecule has 0 spiro atoms. The smallest absolute Gasteiger partial charge is 0.228 e. The lowest BCUT2D eigenvalue weighted by Crippen LogP contribution is -2.21. The predicted octanol–water partition coefficient (Wildman–Crippen LogP) is 3.70. The topological polar surface area (TPSA) is 42.0 Å². The van der Waals surface area contributed by atoms with Crippen molar-refractivity contribution in [1.29, 1.82) is 0 Å². The number of amides is 1. The number of rotatable bonds is 3. The van der Waals surface area contributed by atoms with E-state index in [0.717, 1.165) is 10.9 Å². The molecule has 94 valence electrons. The van der Waals surface area contributed by atoms with E-state index < -0.39 is 0 Å². The lowest BCUT2D eigenvalue weighted by molar-refractivity contribution is -0.118. The summed E-state index contributed by atoms with van der Waals surface area (Å²) in [5.74, 6) is -0.124. The zero-order valence-corrected chi connectivity index (χ0v) is 11.3. The highest BCUT2D eigenvalue weighted by atomic mass is 35.5. The van der Waals surface area contributed by atoms with Gasteiger partial charge >= 0.3 is 0 Å². The zero-order valence-electron chi connectivity index (χ0n) is 9.78. The molecule has 0 aliphatic rings. The number of hydrogen-bond donors (Lipinski definition) is 1. The SMILES string of the molecule is CC(CCl)C(=O)Nc1cc(Cl)cc2cccnc12. The monoisotopic (exact) mass is 282 g/mol. The second-order valence-corrected chi connectivity index (χ2v) is 4.82. The third-order valence-corrected chi connectivity index (χ3v) is 3.29. The van der Waals surface area contributed by atoms with Crippen molar-refractivity contribution in [2.75, 3.05) is 11.2 Å². The molecule has 1 aromatic carbocycles. The molecular formula is C13H12Cl2N2O. The summed E-state index contributed by atoms with van der Waals surface area (Å²) in [4.78, 5) is 16.1. The first-order valence-corrected chi connectivity index (χ1v) is 6.44. The van der Waals surface area contributed by atoms with E-state index in [2.05, 4.69) is 10.3 Å². The number of nitrogens with one attached hydrogen (secondary N) is 1. The maximum atomic E-state index is 11.8. The number of pyridine rings is 1. The van der Waals surface area contributed by atoms with Gasteiger partial charge in [0.05, 0.1) is 11.2 Å². The van der Waals surface area contributed by atoms with Crippen molar-refractivity contribution in [3.05, 3.63) is 35.5 Å².